The number of hydrogen-bond acceptors (Lipinski definition) is 4. The van der Waals surface area contributed by atoms with Crippen LogP contribution in [0, 0.1) is 0 Å². The molecule has 1 heterocycles. The van der Waals surface area contributed by atoms with Crippen molar-refractivity contribution in [2.75, 3.05) is 5.32 Å². The molecule has 0 saturated carbocycles. The van der Waals surface area contributed by atoms with Crippen molar-refractivity contribution in [2.45, 2.75) is 19.5 Å². The minimum absolute atomic E-state index is 0.179. The lowest BCUT2D eigenvalue weighted by molar-refractivity contribution is -0.141. The van der Waals surface area contributed by atoms with Gasteiger partial charge in [-0.1, -0.05) is 31.2 Å². The molecular formula is C20H16F3N3O2. The molecule has 0 radical (unpaired) electrons. The second-order valence-corrected chi connectivity index (χ2v) is 5.96. The third-order valence-electron chi connectivity index (χ3n) is 4.14. The van der Waals surface area contributed by atoms with Gasteiger partial charge >= 0.3 is 12.1 Å². The number of carbonyl (C=O) groups is 1. The van der Waals surface area contributed by atoms with Crippen LogP contribution in [0.1, 0.15) is 28.5 Å². The third-order valence-corrected chi connectivity index (χ3v) is 4.14. The minimum Gasteiger partial charge on any atom is -0.478 e. The summed E-state index contributed by atoms with van der Waals surface area (Å²) < 4.78 is 38.4. The van der Waals surface area contributed by atoms with E-state index in [2.05, 4.69) is 15.3 Å². The molecule has 0 aliphatic heterocycles. The maximum Gasteiger partial charge on any atom is 0.433 e. The third kappa shape index (κ3) is 4.11. The fourth-order valence-electron chi connectivity index (χ4n) is 2.91. The standard InChI is InChI=1S/C20H16F3N3O2/c1-2-14-15(7-4-8-16(14)18(27)28)12-5-3-6-13(11-12)25-19-24-10-9-17(26-19)20(21,22)23/h3-11H,2H2,1H3,(H,27,28)(H,24,25,26). The Bertz CT molecular complexity index is 1020. The second-order valence-electron chi connectivity index (χ2n) is 5.96. The van der Waals surface area contributed by atoms with E-state index in [1.165, 1.54) is 0 Å². The fourth-order valence-corrected chi connectivity index (χ4v) is 2.91. The maximum atomic E-state index is 12.8. The number of hydrogen-bond donors (Lipinski definition) is 2. The van der Waals surface area contributed by atoms with Gasteiger partial charge in [-0.05, 0) is 47.4 Å². The Balaban J connectivity index is 1.96. The summed E-state index contributed by atoms with van der Waals surface area (Å²) in [6.07, 6.45) is -3.01. The van der Waals surface area contributed by atoms with Crippen molar-refractivity contribution in [2.24, 2.45) is 0 Å². The molecule has 0 aliphatic carbocycles. The van der Waals surface area contributed by atoms with Gasteiger partial charge in [0, 0.05) is 11.9 Å². The van der Waals surface area contributed by atoms with Gasteiger partial charge in [0.05, 0.1) is 5.56 Å². The monoisotopic (exact) mass is 387 g/mol. The average Bonchev–Trinajstić information content (AvgIpc) is 2.67. The van der Waals surface area contributed by atoms with Gasteiger partial charge in [-0.15, -0.1) is 0 Å². The van der Waals surface area contributed by atoms with Gasteiger partial charge in [0.15, 0.2) is 0 Å². The van der Waals surface area contributed by atoms with Gasteiger partial charge in [-0.2, -0.15) is 13.2 Å². The molecule has 0 bridgehead atoms. The van der Waals surface area contributed by atoms with Gasteiger partial charge in [0.2, 0.25) is 5.95 Å². The van der Waals surface area contributed by atoms with Crippen molar-refractivity contribution in [3.05, 3.63) is 71.5 Å². The van der Waals surface area contributed by atoms with Crippen LogP contribution in [-0.4, -0.2) is 21.0 Å². The Morgan fingerprint density at radius 2 is 1.89 bits per heavy atom. The van der Waals surface area contributed by atoms with Crippen LogP contribution in [0.25, 0.3) is 11.1 Å². The molecule has 0 aliphatic rings. The summed E-state index contributed by atoms with van der Waals surface area (Å²) in [5.74, 6) is -1.19. The average molecular weight is 387 g/mol. The number of carboxylic acids is 1. The van der Waals surface area contributed by atoms with E-state index >= 15 is 0 Å². The highest BCUT2D eigenvalue weighted by Gasteiger charge is 2.32. The van der Waals surface area contributed by atoms with E-state index in [1.807, 2.05) is 13.0 Å². The molecule has 1 aromatic heterocycles. The summed E-state index contributed by atoms with van der Waals surface area (Å²) in [6, 6.07) is 12.7. The first-order valence-corrected chi connectivity index (χ1v) is 8.42. The Morgan fingerprint density at radius 1 is 1.14 bits per heavy atom. The van der Waals surface area contributed by atoms with Crippen molar-refractivity contribution in [3.63, 3.8) is 0 Å². The molecule has 0 unspecified atom stereocenters. The number of nitrogens with one attached hydrogen (secondary N) is 1. The van der Waals surface area contributed by atoms with E-state index in [1.54, 1.807) is 36.4 Å². The number of nitrogens with zero attached hydrogens (tertiary/aromatic N) is 2. The molecule has 8 heteroatoms. The first kappa shape index (κ1) is 19.3. The second kappa shape index (κ2) is 7.67. The predicted octanol–water partition coefficient (Wildman–Crippen LogP) is 5.17. The molecular weight excluding hydrogens is 371 g/mol. The van der Waals surface area contributed by atoms with Crippen molar-refractivity contribution >= 4 is 17.6 Å². The smallest absolute Gasteiger partial charge is 0.433 e. The van der Waals surface area contributed by atoms with Crippen LogP contribution in [0.2, 0.25) is 0 Å². The van der Waals surface area contributed by atoms with E-state index in [0.29, 0.717) is 17.7 Å². The summed E-state index contributed by atoms with van der Waals surface area (Å²) in [4.78, 5) is 18.8. The van der Waals surface area contributed by atoms with E-state index in [0.717, 1.165) is 23.4 Å². The number of aromatic nitrogens is 2. The molecule has 2 aromatic carbocycles. The zero-order chi connectivity index (χ0) is 20.3. The number of anilines is 2. The van der Waals surface area contributed by atoms with Crippen molar-refractivity contribution in [1.82, 2.24) is 9.97 Å². The number of alkyl halides is 3. The topological polar surface area (TPSA) is 75.1 Å². The van der Waals surface area contributed by atoms with Crippen LogP contribution in [0.3, 0.4) is 0 Å². The predicted molar refractivity (Wildman–Crippen MR) is 98.5 cm³/mol. The Morgan fingerprint density at radius 3 is 2.57 bits per heavy atom. The van der Waals surface area contributed by atoms with E-state index in [4.69, 9.17) is 0 Å². The van der Waals surface area contributed by atoms with E-state index in [-0.39, 0.29) is 11.5 Å². The number of aromatic carboxylic acids is 1. The highest BCUT2D eigenvalue weighted by atomic mass is 19.4. The van der Waals surface area contributed by atoms with Gasteiger partial charge < -0.3 is 10.4 Å². The van der Waals surface area contributed by atoms with Crippen LogP contribution in [-0.2, 0) is 12.6 Å². The summed E-state index contributed by atoms with van der Waals surface area (Å²) in [7, 11) is 0. The molecule has 5 nitrogen and oxygen atoms in total. The Kier molecular flexibility index (Phi) is 5.30. The quantitative estimate of drug-likeness (QED) is 0.632. The largest absolute Gasteiger partial charge is 0.478 e. The number of rotatable bonds is 5. The number of carboxylic acid groups (broad SMARTS) is 1. The van der Waals surface area contributed by atoms with Crippen LogP contribution in [0.4, 0.5) is 24.8 Å². The van der Waals surface area contributed by atoms with Crippen molar-refractivity contribution < 1.29 is 23.1 Å². The molecule has 2 N–H and O–H groups in total. The number of benzene rings is 2. The highest BCUT2D eigenvalue weighted by molar-refractivity contribution is 5.92. The zero-order valence-electron chi connectivity index (χ0n) is 14.8. The van der Waals surface area contributed by atoms with Crippen LogP contribution < -0.4 is 5.32 Å². The normalized spacial score (nSPS) is 11.3. The molecule has 0 saturated heterocycles. The maximum absolute atomic E-state index is 12.8. The van der Waals surface area contributed by atoms with Gasteiger partial charge in [-0.3, -0.25) is 0 Å². The highest BCUT2D eigenvalue weighted by Crippen LogP contribution is 2.31. The molecule has 0 amide bonds. The SMILES string of the molecule is CCc1c(C(=O)O)cccc1-c1cccc(Nc2nccc(C(F)(F)F)n2)c1. The van der Waals surface area contributed by atoms with Crippen molar-refractivity contribution in [3.8, 4) is 11.1 Å². The summed E-state index contributed by atoms with van der Waals surface area (Å²) in [5.41, 5.74) is 1.83. The molecule has 144 valence electrons. The summed E-state index contributed by atoms with van der Waals surface area (Å²) in [6.45, 7) is 1.86. The zero-order valence-corrected chi connectivity index (χ0v) is 14.8. The lowest BCUT2D eigenvalue weighted by Gasteiger charge is -2.13. The molecule has 3 aromatic rings. The van der Waals surface area contributed by atoms with Gasteiger partial charge in [0.25, 0.3) is 0 Å². The van der Waals surface area contributed by atoms with E-state index < -0.39 is 17.8 Å². The minimum atomic E-state index is -4.56. The Hall–Kier alpha value is -3.42. The number of halogens is 3. The first-order chi connectivity index (χ1) is 13.3. The van der Waals surface area contributed by atoms with Crippen molar-refractivity contribution in [1.29, 1.82) is 0 Å². The lowest BCUT2D eigenvalue weighted by Crippen LogP contribution is -2.10. The summed E-state index contributed by atoms with van der Waals surface area (Å²) in [5, 5.41) is 12.2. The van der Waals surface area contributed by atoms with E-state index in [9.17, 15) is 23.1 Å². The lowest BCUT2D eigenvalue weighted by atomic mass is 9.93. The molecule has 0 atom stereocenters. The molecule has 0 fully saturated rings. The fraction of sp³-hybridized carbons (Fsp3) is 0.150. The molecule has 3 rings (SSSR count). The molecule has 28 heavy (non-hydrogen) atoms. The first-order valence-electron chi connectivity index (χ1n) is 8.42. The van der Waals surface area contributed by atoms with Gasteiger partial charge in [0.1, 0.15) is 5.69 Å². The van der Waals surface area contributed by atoms with Crippen LogP contribution >= 0.6 is 0 Å². The van der Waals surface area contributed by atoms with Crippen LogP contribution in [0.5, 0.6) is 0 Å². The van der Waals surface area contributed by atoms with Gasteiger partial charge in [-0.25, -0.2) is 14.8 Å². The van der Waals surface area contributed by atoms with Crippen LogP contribution in [0.15, 0.2) is 54.7 Å². The Labute approximate surface area is 158 Å². The molecule has 0 spiro atoms. The summed E-state index contributed by atoms with van der Waals surface area (Å²) >= 11 is 0.